The Balaban J connectivity index is 1.54. The van der Waals surface area contributed by atoms with Gasteiger partial charge in [0.1, 0.15) is 11.8 Å². The minimum absolute atomic E-state index is 0.198. The van der Waals surface area contributed by atoms with Gasteiger partial charge >= 0.3 is 0 Å². The third-order valence-electron chi connectivity index (χ3n) is 5.48. The highest BCUT2D eigenvalue weighted by molar-refractivity contribution is 6.09. The number of benzene rings is 2. The lowest BCUT2D eigenvalue weighted by atomic mass is 10.0. The number of aryl methyl sites for hydroxylation is 1. The zero-order valence-electron chi connectivity index (χ0n) is 16.7. The number of carbonyl (C=O) groups excluding carboxylic acids is 4. The number of carbonyl (C=O) groups is 4. The number of nitrogens with zero attached hydrogens (tertiary/aromatic N) is 1. The lowest BCUT2D eigenvalue weighted by molar-refractivity contribution is -0.136. The molecule has 1 atom stereocenters. The molecule has 4 amide bonds. The predicted octanol–water partition coefficient (Wildman–Crippen LogP) is 2.02. The Morgan fingerprint density at radius 1 is 1.17 bits per heavy atom. The van der Waals surface area contributed by atoms with Crippen molar-refractivity contribution >= 4 is 29.3 Å². The third-order valence-corrected chi connectivity index (χ3v) is 5.48. The number of ether oxygens (including phenoxy) is 1. The largest absolute Gasteiger partial charge is 0.497 e. The van der Waals surface area contributed by atoms with Crippen molar-refractivity contribution in [1.82, 2.24) is 10.2 Å². The number of hydrogen-bond donors (Lipinski definition) is 2. The quantitative estimate of drug-likeness (QED) is 0.755. The first-order valence-corrected chi connectivity index (χ1v) is 9.61. The van der Waals surface area contributed by atoms with Crippen LogP contribution in [0.15, 0.2) is 36.4 Å². The first-order chi connectivity index (χ1) is 14.4. The van der Waals surface area contributed by atoms with Gasteiger partial charge in [-0.2, -0.15) is 0 Å². The molecule has 4 rings (SSSR count). The number of hydrogen-bond acceptors (Lipinski definition) is 5. The van der Waals surface area contributed by atoms with E-state index in [4.69, 9.17) is 4.74 Å². The molecule has 2 aliphatic heterocycles. The number of piperidine rings is 1. The standard InChI is InChI=1S/C22H21N3O5/c1-12-3-6-15(30-2)10-17(12)23-20(27)13-4-5-14-11-25(22(29)16(14)9-13)18-7-8-19(26)24-21(18)28/h3-6,9-10,18H,7-8,11H2,1-2H3,(H,23,27)(H,24,26,28). The molecule has 1 unspecified atom stereocenters. The summed E-state index contributed by atoms with van der Waals surface area (Å²) >= 11 is 0. The van der Waals surface area contributed by atoms with Gasteiger partial charge in [-0.3, -0.25) is 24.5 Å². The van der Waals surface area contributed by atoms with E-state index in [9.17, 15) is 19.2 Å². The summed E-state index contributed by atoms with van der Waals surface area (Å²) in [5, 5.41) is 5.13. The van der Waals surface area contributed by atoms with Crippen LogP contribution in [-0.2, 0) is 16.1 Å². The maximum atomic E-state index is 12.9. The van der Waals surface area contributed by atoms with Crippen molar-refractivity contribution < 1.29 is 23.9 Å². The van der Waals surface area contributed by atoms with E-state index in [0.29, 0.717) is 29.0 Å². The van der Waals surface area contributed by atoms with E-state index in [1.165, 1.54) is 4.90 Å². The first-order valence-electron chi connectivity index (χ1n) is 9.61. The van der Waals surface area contributed by atoms with Crippen LogP contribution < -0.4 is 15.4 Å². The van der Waals surface area contributed by atoms with Crippen molar-refractivity contribution in [2.24, 2.45) is 0 Å². The fourth-order valence-electron chi connectivity index (χ4n) is 3.75. The zero-order valence-corrected chi connectivity index (χ0v) is 16.7. The highest BCUT2D eigenvalue weighted by Crippen LogP contribution is 2.29. The molecule has 2 aliphatic rings. The minimum atomic E-state index is -0.681. The third kappa shape index (κ3) is 3.52. The Bertz CT molecular complexity index is 1080. The van der Waals surface area contributed by atoms with Crippen LogP contribution in [0.3, 0.4) is 0 Å². The second-order valence-electron chi connectivity index (χ2n) is 7.41. The molecule has 1 fully saturated rings. The van der Waals surface area contributed by atoms with Crippen molar-refractivity contribution in [1.29, 1.82) is 0 Å². The zero-order chi connectivity index (χ0) is 21.4. The molecule has 0 spiro atoms. The summed E-state index contributed by atoms with van der Waals surface area (Å²) in [6.45, 7) is 2.15. The van der Waals surface area contributed by atoms with Crippen LogP contribution in [0.4, 0.5) is 5.69 Å². The molecular weight excluding hydrogens is 386 g/mol. The van der Waals surface area contributed by atoms with E-state index in [1.54, 1.807) is 31.4 Å². The van der Waals surface area contributed by atoms with E-state index in [-0.39, 0.29) is 30.7 Å². The first kappa shape index (κ1) is 19.6. The summed E-state index contributed by atoms with van der Waals surface area (Å²) < 4.78 is 5.20. The molecule has 154 valence electrons. The molecule has 0 radical (unpaired) electrons. The van der Waals surface area contributed by atoms with Crippen LogP contribution in [-0.4, -0.2) is 41.7 Å². The molecule has 2 heterocycles. The van der Waals surface area contributed by atoms with E-state index in [2.05, 4.69) is 10.6 Å². The number of amides is 4. The van der Waals surface area contributed by atoms with Crippen LogP contribution in [0.1, 0.15) is 44.7 Å². The van der Waals surface area contributed by atoms with Crippen molar-refractivity contribution in [2.75, 3.05) is 12.4 Å². The fourth-order valence-corrected chi connectivity index (χ4v) is 3.75. The molecule has 8 heteroatoms. The van der Waals surface area contributed by atoms with E-state index in [1.807, 2.05) is 19.1 Å². The Morgan fingerprint density at radius 3 is 2.70 bits per heavy atom. The molecule has 2 N–H and O–H groups in total. The lowest BCUT2D eigenvalue weighted by Gasteiger charge is -2.29. The predicted molar refractivity (Wildman–Crippen MR) is 108 cm³/mol. The smallest absolute Gasteiger partial charge is 0.255 e. The molecule has 8 nitrogen and oxygen atoms in total. The summed E-state index contributed by atoms with van der Waals surface area (Å²) in [5.74, 6) is -0.820. The highest BCUT2D eigenvalue weighted by atomic mass is 16.5. The van der Waals surface area contributed by atoms with Gasteiger partial charge in [0.25, 0.3) is 11.8 Å². The molecule has 1 saturated heterocycles. The molecule has 2 aromatic rings. The normalized spacial score (nSPS) is 18.1. The molecule has 30 heavy (non-hydrogen) atoms. The number of nitrogens with one attached hydrogen (secondary N) is 2. The number of methoxy groups -OCH3 is 1. The topological polar surface area (TPSA) is 105 Å². The Morgan fingerprint density at radius 2 is 1.97 bits per heavy atom. The van der Waals surface area contributed by atoms with Gasteiger partial charge in [-0.1, -0.05) is 12.1 Å². The Labute approximate surface area is 173 Å². The molecule has 0 saturated carbocycles. The van der Waals surface area contributed by atoms with Crippen molar-refractivity contribution in [2.45, 2.75) is 32.4 Å². The molecular formula is C22H21N3O5. The molecule has 0 aromatic heterocycles. The monoisotopic (exact) mass is 407 g/mol. The lowest BCUT2D eigenvalue weighted by Crippen LogP contribution is -2.52. The maximum absolute atomic E-state index is 12.9. The average Bonchev–Trinajstić information content (AvgIpc) is 3.05. The molecule has 2 aromatic carbocycles. The van der Waals surface area contributed by atoms with Gasteiger partial charge in [0.15, 0.2) is 0 Å². The van der Waals surface area contributed by atoms with Gasteiger partial charge in [0.2, 0.25) is 11.8 Å². The number of anilines is 1. The number of rotatable bonds is 4. The van der Waals surface area contributed by atoms with Crippen LogP contribution in [0.25, 0.3) is 0 Å². The van der Waals surface area contributed by atoms with E-state index < -0.39 is 11.9 Å². The van der Waals surface area contributed by atoms with Crippen LogP contribution in [0.2, 0.25) is 0 Å². The highest BCUT2D eigenvalue weighted by Gasteiger charge is 2.39. The number of imide groups is 1. The fraction of sp³-hybridized carbons (Fsp3) is 0.273. The van der Waals surface area contributed by atoms with Gasteiger partial charge in [-0.05, 0) is 42.7 Å². The van der Waals surface area contributed by atoms with Gasteiger partial charge < -0.3 is 15.0 Å². The summed E-state index contributed by atoms with van der Waals surface area (Å²) in [7, 11) is 1.55. The van der Waals surface area contributed by atoms with Crippen LogP contribution in [0.5, 0.6) is 5.75 Å². The maximum Gasteiger partial charge on any atom is 0.255 e. The number of fused-ring (bicyclic) bond motifs is 1. The second kappa shape index (κ2) is 7.62. The molecule has 0 bridgehead atoms. The SMILES string of the molecule is COc1ccc(C)c(NC(=O)c2ccc3c(c2)C(=O)N(C2CCC(=O)NC2=O)C3)c1. The van der Waals surface area contributed by atoms with Crippen LogP contribution >= 0.6 is 0 Å². The van der Waals surface area contributed by atoms with Crippen molar-refractivity contribution in [3.05, 3.63) is 58.7 Å². The van der Waals surface area contributed by atoms with E-state index in [0.717, 1.165) is 11.1 Å². The molecule has 0 aliphatic carbocycles. The van der Waals surface area contributed by atoms with Crippen molar-refractivity contribution in [3.8, 4) is 5.75 Å². The minimum Gasteiger partial charge on any atom is -0.497 e. The van der Waals surface area contributed by atoms with Gasteiger partial charge in [0.05, 0.1) is 7.11 Å². The summed E-state index contributed by atoms with van der Waals surface area (Å²) in [5.41, 5.74) is 2.99. The van der Waals surface area contributed by atoms with Crippen LogP contribution in [0, 0.1) is 6.92 Å². The average molecular weight is 407 g/mol. The van der Waals surface area contributed by atoms with Gasteiger partial charge in [0, 0.05) is 35.8 Å². The van der Waals surface area contributed by atoms with Crippen molar-refractivity contribution in [3.63, 3.8) is 0 Å². The summed E-state index contributed by atoms with van der Waals surface area (Å²) in [6, 6.07) is 9.64. The summed E-state index contributed by atoms with van der Waals surface area (Å²) in [4.78, 5) is 50.7. The summed E-state index contributed by atoms with van der Waals surface area (Å²) in [6.07, 6.45) is 0.497. The Hall–Kier alpha value is -3.68. The van der Waals surface area contributed by atoms with E-state index >= 15 is 0 Å². The van der Waals surface area contributed by atoms with Gasteiger partial charge in [-0.25, -0.2) is 0 Å². The second-order valence-corrected chi connectivity index (χ2v) is 7.41. The Kier molecular flexibility index (Phi) is 4.99. The van der Waals surface area contributed by atoms with Gasteiger partial charge in [-0.15, -0.1) is 0 Å².